The van der Waals surface area contributed by atoms with E-state index < -0.39 is 16.8 Å². The van der Waals surface area contributed by atoms with Crippen molar-refractivity contribution in [3.8, 4) is 0 Å². The first-order valence-corrected chi connectivity index (χ1v) is 12.5. The summed E-state index contributed by atoms with van der Waals surface area (Å²) in [7, 11) is 0.307. The molecule has 0 saturated carbocycles. The molecule has 0 fully saturated rings. The van der Waals surface area contributed by atoms with Gasteiger partial charge in [0.15, 0.2) is 0 Å². The zero-order chi connectivity index (χ0) is 24.4. The smallest absolute Gasteiger partial charge is 0.319 e. The van der Waals surface area contributed by atoms with E-state index in [2.05, 4.69) is 5.32 Å². The SMILES string of the molecule is Cc1cc2c(cc(C(=O)N[C@H](C)c3ccc(S(=O)CC(=O)OC(C)C)cc3)n2C)c(Cl)c1Cl. The lowest BCUT2D eigenvalue weighted by molar-refractivity contribution is -0.144. The highest BCUT2D eigenvalue weighted by atomic mass is 35.5. The molecular weight excluding hydrogens is 483 g/mol. The molecule has 2 atom stereocenters. The summed E-state index contributed by atoms with van der Waals surface area (Å²) in [6.45, 7) is 7.22. The Morgan fingerprint density at radius 3 is 2.33 bits per heavy atom. The molecule has 0 aliphatic heterocycles. The predicted octanol–water partition coefficient (Wildman–Crippen LogP) is 5.34. The lowest BCUT2D eigenvalue weighted by Crippen LogP contribution is -2.28. The third-order valence-electron chi connectivity index (χ3n) is 5.25. The van der Waals surface area contributed by atoms with Crippen molar-refractivity contribution in [2.75, 3.05) is 5.75 Å². The minimum atomic E-state index is -1.50. The van der Waals surface area contributed by atoms with Crippen LogP contribution < -0.4 is 5.32 Å². The first kappa shape index (κ1) is 25.3. The number of aromatic nitrogens is 1. The van der Waals surface area contributed by atoms with Crippen LogP contribution in [0.2, 0.25) is 10.0 Å². The Hall–Kier alpha value is -2.35. The Balaban J connectivity index is 1.73. The minimum Gasteiger partial charge on any atom is -0.462 e. The summed E-state index contributed by atoms with van der Waals surface area (Å²) in [6, 6.07) is 10.3. The van der Waals surface area contributed by atoms with Gasteiger partial charge in [-0.25, -0.2) is 0 Å². The fourth-order valence-electron chi connectivity index (χ4n) is 3.50. The average Bonchev–Trinajstić information content (AvgIpc) is 3.08. The zero-order valence-electron chi connectivity index (χ0n) is 19.1. The molecule has 33 heavy (non-hydrogen) atoms. The summed E-state index contributed by atoms with van der Waals surface area (Å²) in [6.07, 6.45) is -0.250. The Kier molecular flexibility index (Phi) is 7.88. The Morgan fingerprint density at radius 2 is 1.73 bits per heavy atom. The van der Waals surface area contributed by atoms with Gasteiger partial charge in [0.05, 0.1) is 38.5 Å². The number of fused-ring (bicyclic) bond motifs is 1. The highest BCUT2D eigenvalue weighted by Gasteiger charge is 2.20. The van der Waals surface area contributed by atoms with E-state index in [1.165, 1.54) is 0 Å². The van der Waals surface area contributed by atoms with Crippen LogP contribution in [-0.2, 0) is 27.4 Å². The Morgan fingerprint density at radius 1 is 1.09 bits per heavy atom. The number of nitrogens with one attached hydrogen (secondary N) is 1. The first-order valence-electron chi connectivity index (χ1n) is 10.4. The van der Waals surface area contributed by atoms with Crippen LogP contribution >= 0.6 is 23.2 Å². The van der Waals surface area contributed by atoms with Crippen LogP contribution in [0.15, 0.2) is 41.3 Å². The second kappa shape index (κ2) is 10.3. The molecule has 0 aliphatic rings. The summed E-state index contributed by atoms with van der Waals surface area (Å²) in [5, 5.41) is 4.60. The van der Waals surface area contributed by atoms with Gasteiger partial charge in [-0.15, -0.1) is 0 Å². The summed E-state index contributed by atoms with van der Waals surface area (Å²) in [5.74, 6) is -0.952. The lowest BCUT2D eigenvalue weighted by Gasteiger charge is -2.15. The molecule has 3 rings (SSSR count). The predicted molar refractivity (Wildman–Crippen MR) is 133 cm³/mol. The number of halogens is 2. The van der Waals surface area contributed by atoms with E-state index in [4.69, 9.17) is 27.9 Å². The molecule has 1 unspecified atom stereocenters. The maximum atomic E-state index is 13.0. The number of nitrogens with zero attached hydrogens (tertiary/aromatic N) is 1. The molecule has 1 heterocycles. The van der Waals surface area contributed by atoms with Crippen molar-refractivity contribution in [3.05, 3.63) is 63.3 Å². The number of carbonyl (C=O) groups excluding carboxylic acids is 2. The van der Waals surface area contributed by atoms with Gasteiger partial charge >= 0.3 is 5.97 Å². The van der Waals surface area contributed by atoms with E-state index in [1.54, 1.807) is 55.8 Å². The summed E-state index contributed by atoms with van der Waals surface area (Å²) >= 11 is 12.6. The van der Waals surface area contributed by atoms with E-state index >= 15 is 0 Å². The van der Waals surface area contributed by atoms with Gasteiger partial charge in [0.2, 0.25) is 0 Å². The third kappa shape index (κ3) is 5.60. The highest BCUT2D eigenvalue weighted by molar-refractivity contribution is 7.85. The largest absolute Gasteiger partial charge is 0.462 e. The number of amides is 1. The molecule has 0 spiro atoms. The third-order valence-corrected chi connectivity index (χ3v) is 7.52. The number of carbonyl (C=O) groups is 2. The number of hydrogen-bond acceptors (Lipinski definition) is 4. The molecule has 0 bridgehead atoms. The summed E-state index contributed by atoms with van der Waals surface area (Å²) < 4.78 is 19.2. The quantitative estimate of drug-likeness (QED) is 0.436. The molecule has 176 valence electrons. The number of rotatable bonds is 7. The molecule has 1 amide bonds. The van der Waals surface area contributed by atoms with Crippen LogP contribution in [0.4, 0.5) is 0 Å². The van der Waals surface area contributed by atoms with Crippen molar-refractivity contribution in [3.63, 3.8) is 0 Å². The second-order valence-electron chi connectivity index (χ2n) is 8.14. The van der Waals surface area contributed by atoms with Gasteiger partial charge < -0.3 is 14.6 Å². The van der Waals surface area contributed by atoms with Crippen molar-refractivity contribution in [1.29, 1.82) is 0 Å². The summed E-state index contributed by atoms with van der Waals surface area (Å²) in [5.41, 5.74) is 2.96. The number of hydrogen-bond donors (Lipinski definition) is 1. The van der Waals surface area contributed by atoms with Crippen molar-refractivity contribution in [2.45, 2.75) is 44.7 Å². The van der Waals surface area contributed by atoms with E-state index in [0.29, 0.717) is 20.6 Å². The van der Waals surface area contributed by atoms with Gasteiger partial charge in [-0.05, 0) is 63.1 Å². The summed E-state index contributed by atoms with van der Waals surface area (Å²) in [4.78, 5) is 25.2. The molecule has 1 aromatic heterocycles. The standard InChI is InChI=1S/C24H26Cl2N2O4S/c1-13(2)32-21(29)12-33(31)17-8-6-16(7-9-17)15(4)27-24(30)20-11-18-19(28(20)5)10-14(3)22(25)23(18)26/h6-11,13,15H,12H2,1-5H3,(H,27,30)/t15-,33?/m1/s1. The highest BCUT2D eigenvalue weighted by Crippen LogP contribution is 2.35. The van der Waals surface area contributed by atoms with Gasteiger partial charge in [0.1, 0.15) is 11.4 Å². The lowest BCUT2D eigenvalue weighted by atomic mass is 10.1. The molecule has 0 aliphatic carbocycles. The molecule has 6 nitrogen and oxygen atoms in total. The van der Waals surface area contributed by atoms with Crippen molar-refractivity contribution in [1.82, 2.24) is 9.88 Å². The van der Waals surface area contributed by atoms with Gasteiger partial charge in [-0.2, -0.15) is 0 Å². The molecule has 1 N–H and O–H groups in total. The van der Waals surface area contributed by atoms with Gasteiger partial charge in [0, 0.05) is 17.3 Å². The molecular formula is C24H26Cl2N2O4S. The van der Waals surface area contributed by atoms with Gasteiger partial charge in [0.25, 0.3) is 5.91 Å². The first-order chi connectivity index (χ1) is 15.5. The van der Waals surface area contributed by atoms with E-state index in [-0.39, 0.29) is 23.8 Å². The second-order valence-corrected chi connectivity index (χ2v) is 10.3. The molecule has 9 heteroatoms. The van der Waals surface area contributed by atoms with Crippen molar-refractivity contribution in [2.24, 2.45) is 7.05 Å². The van der Waals surface area contributed by atoms with E-state index in [1.807, 2.05) is 19.9 Å². The molecule has 2 aromatic carbocycles. The number of aryl methyl sites for hydroxylation is 2. The maximum Gasteiger partial charge on any atom is 0.319 e. The Bertz CT molecular complexity index is 1240. The fourth-order valence-corrected chi connectivity index (χ4v) is 4.84. The zero-order valence-corrected chi connectivity index (χ0v) is 21.4. The van der Waals surface area contributed by atoms with Crippen LogP contribution in [0.1, 0.15) is 48.4 Å². The minimum absolute atomic E-state index is 0.198. The molecule has 0 radical (unpaired) electrons. The average molecular weight is 509 g/mol. The van der Waals surface area contributed by atoms with Gasteiger partial charge in [-0.3, -0.25) is 13.8 Å². The number of benzene rings is 2. The van der Waals surface area contributed by atoms with Crippen LogP contribution in [0.5, 0.6) is 0 Å². The molecule has 0 saturated heterocycles. The number of esters is 1. The van der Waals surface area contributed by atoms with Crippen LogP contribution in [0, 0.1) is 6.92 Å². The topological polar surface area (TPSA) is 77.4 Å². The molecule has 3 aromatic rings. The van der Waals surface area contributed by atoms with E-state index in [0.717, 1.165) is 22.0 Å². The van der Waals surface area contributed by atoms with Crippen molar-refractivity contribution >= 4 is 56.8 Å². The fraction of sp³-hybridized carbons (Fsp3) is 0.333. The van der Waals surface area contributed by atoms with E-state index in [9.17, 15) is 13.8 Å². The van der Waals surface area contributed by atoms with Crippen LogP contribution in [-0.4, -0.2) is 32.5 Å². The van der Waals surface area contributed by atoms with Crippen molar-refractivity contribution < 1.29 is 18.5 Å². The Labute approximate surface area is 205 Å². The van der Waals surface area contributed by atoms with Gasteiger partial charge in [-0.1, -0.05) is 35.3 Å². The number of ether oxygens (including phenoxy) is 1. The van der Waals surface area contributed by atoms with Crippen LogP contribution in [0.25, 0.3) is 10.9 Å². The van der Waals surface area contributed by atoms with Crippen LogP contribution in [0.3, 0.4) is 0 Å². The maximum absolute atomic E-state index is 13.0. The normalized spacial score (nSPS) is 13.2. The monoisotopic (exact) mass is 508 g/mol.